The zero-order valence-corrected chi connectivity index (χ0v) is 19.5. The maximum absolute atomic E-state index is 12.7. The van der Waals surface area contributed by atoms with Crippen LogP contribution in [0.25, 0.3) is 10.2 Å². The maximum Gasteiger partial charge on any atom is 0.341 e. The van der Waals surface area contributed by atoms with E-state index in [-0.39, 0.29) is 5.97 Å². The highest BCUT2D eigenvalue weighted by molar-refractivity contribution is 7.23. The van der Waals surface area contributed by atoms with E-state index in [1.165, 1.54) is 28.9 Å². The van der Waals surface area contributed by atoms with Gasteiger partial charge in [0.15, 0.2) is 5.13 Å². The van der Waals surface area contributed by atoms with Crippen molar-refractivity contribution in [2.45, 2.75) is 19.5 Å². The van der Waals surface area contributed by atoms with Gasteiger partial charge in [0, 0.05) is 24.5 Å². The largest absolute Gasteiger partial charge is 0.494 e. The average molecular weight is 466 g/mol. The topological polar surface area (TPSA) is 63.7 Å². The fourth-order valence-corrected chi connectivity index (χ4v) is 6.31. The summed E-state index contributed by atoms with van der Waals surface area (Å²) in [5.41, 5.74) is 3.84. The molecule has 1 aliphatic heterocycles. The van der Waals surface area contributed by atoms with Gasteiger partial charge in [-0.25, -0.2) is 9.78 Å². The van der Waals surface area contributed by atoms with Crippen LogP contribution in [-0.4, -0.2) is 36.6 Å². The van der Waals surface area contributed by atoms with Crippen LogP contribution in [0.3, 0.4) is 0 Å². The summed E-state index contributed by atoms with van der Waals surface area (Å²) >= 11 is 3.16. The molecule has 164 valence electrons. The molecule has 1 N–H and O–H groups in total. The van der Waals surface area contributed by atoms with E-state index in [4.69, 9.17) is 14.5 Å². The van der Waals surface area contributed by atoms with E-state index in [0.717, 1.165) is 57.7 Å². The number of hydrogen-bond donors (Lipinski definition) is 1. The fourth-order valence-electron chi connectivity index (χ4n) is 4.08. The van der Waals surface area contributed by atoms with E-state index in [1.54, 1.807) is 18.4 Å². The number of ether oxygens (including phenoxy) is 2. The molecule has 0 saturated carbocycles. The normalized spacial score (nSPS) is 13.7. The van der Waals surface area contributed by atoms with Gasteiger partial charge in [-0.05, 0) is 29.7 Å². The molecule has 0 amide bonds. The van der Waals surface area contributed by atoms with Gasteiger partial charge in [-0.3, -0.25) is 4.90 Å². The third-order valence-electron chi connectivity index (χ3n) is 5.60. The molecule has 0 bridgehead atoms. The smallest absolute Gasteiger partial charge is 0.341 e. The summed E-state index contributed by atoms with van der Waals surface area (Å²) in [4.78, 5) is 21.0. The number of benzene rings is 2. The molecular weight excluding hydrogens is 442 g/mol. The molecule has 0 atom stereocenters. The van der Waals surface area contributed by atoms with Crippen molar-refractivity contribution in [3.63, 3.8) is 0 Å². The minimum absolute atomic E-state index is 0.305. The first-order valence-corrected chi connectivity index (χ1v) is 12.0. The van der Waals surface area contributed by atoms with Crippen LogP contribution in [0.4, 0.5) is 10.1 Å². The van der Waals surface area contributed by atoms with Crippen molar-refractivity contribution in [3.8, 4) is 5.75 Å². The summed E-state index contributed by atoms with van der Waals surface area (Å²) in [6.45, 7) is 2.61. The lowest BCUT2D eigenvalue weighted by molar-refractivity contribution is 0.0600. The maximum atomic E-state index is 12.7. The van der Waals surface area contributed by atoms with Gasteiger partial charge in [0.05, 0.1) is 24.5 Å². The van der Waals surface area contributed by atoms with E-state index >= 15 is 0 Å². The van der Waals surface area contributed by atoms with E-state index < -0.39 is 0 Å². The van der Waals surface area contributed by atoms with E-state index in [2.05, 4.69) is 34.5 Å². The van der Waals surface area contributed by atoms with Crippen LogP contribution in [0.5, 0.6) is 5.75 Å². The number of thiazole rings is 1. The van der Waals surface area contributed by atoms with Crippen LogP contribution in [0, 0.1) is 0 Å². The molecule has 2 aromatic carbocycles. The molecule has 6 nitrogen and oxygen atoms in total. The first kappa shape index (κ1) is 20.9. The molecule has 1 aliphatic rings. The second-order valence-electron chi connectivity index (χ2n) is 7.60. The minimum atomic E-state index is -0.305. The van der Waals surface area contributed by atoms with E-state index in [1.807, 2.05) is 24.3 Å². The Balaban J connectivity index is 1.45. The standard InChI is InChI=1S/C24H23N3O3S2/c1-29-17-9-6-10-18-21(17)25-24(32-18)26-22-20(23(28)30-2)16-11-12-27(14-19(16)31-22)13-15-7-4-3-5-8-15/h3-10H,11-14H2,1-2H3,(H,25,26). The zero-order chi connectivity index (χ0) is 22.1. The third kappa shape index (κ3) is 3.97. The van der Waals surface area contributed by atoms with Crippen molar-refractivity contribution >= 4 is 49.0 Å². The number of carbonyl (C=O) groups is 1. The summed E-state index contributed by atoms with van der Waals surface area (Å²) in [5, 5.41) is 4.93. The Labute approximate surface area is 194 Å². The van der Waals surface area contributed by atoms with Gasteiger partial charge >= 0.3 is 5.97 Å². The van der Waals surface area contributed by atoms with Crippen molar-refractivity contribution in [1.82, 2.24) is 9.88 Å². The minimum Gasteiger partial charge on any atom is -0.494 e. The number of rotatable bonds is 6. The molecule has 2 aromatic heterocycles. The van der Waals surface area contributed by atoms with Crippen molar-refractivity contribution in [2.75, 3.05) is 26.1 Å². The van der Waals surface area contributed by atoms with Gasteiger partial charge in [-0.1, -0.05) is 47.7 Å². The van der Waals surface area contributed by atoms with Crippen LogP contribution in [0.2, 0.25) is 0 Å². The Morgan fingerprint density at radius 1 is 1.12 bits per heavy atom. The number of esters is 1. The number of thiophene rings is 1. The highest BCUT2D eigenvalue weighted by Gasteiger charge is 2.29. The Bertz CT molecular complexity index is 1270. The van der Waals surface area contributed by atoms with Crippen molar-refractivity contribution in [2.24, 2.45) is 0 Å². The number of carbonyl (C=O) groups excluding carboxylic acids is 1. The lowest BCUT2D eigenvalue weighted by Crippen LogP contribution is -2.29. The van der Waals surface area contributed by atoms with Gasteiger partial charge in [0.2, 0.25) is 0 Å². The summed E-state index contributed by atoms with van der Waals surface area (Å²) in [5.74, 6) is 0.433. The van der Waals surface area contributed by atoms with Gasteiger partial charge in [-0.2, -0.15) is 0 Å². The summed E-state index contributed by atoms with van der Waals surface area (Å²) in [7, 11) is 3.08. The van der Waals surface area contributed by atoms with E-state index in [9.17, 15) is 4.79 Å². The molecule has 8 heteroatoms. The Morgan fingerprint density at radius 3 is 2.75 bits per heavy atom. The molecule has 0 radical (unpaired) electrons. The molecule has 4 aromatic rings. The van der Waals surface area contributed by atoms with Crippen LogP contribution >= 0.6 is 22.7 Å². The Morgan fingerprint density at radius 2 is 1.97 bits per heavy atom. The van der Waals surface area contributed by atoms with Crippen LogP contribution in [0.1, 0.15) is 26.4 Å². The molecule has 0 saturated heterocycles. The number of nitrogens with one attached hydrogen (secondary N) is 1. The number of anilines is 2. The Hall–Kier alpha value is -2.94. The van der Waals surface area contributed by atoms with Gasteiger partial charge in [-0.15, -0.1) is 11.3 Å². The summed E-state index contributed by atoms with van der Waals surface area (Å²) in [6, 6.07) is 16.3. The van der Waals surface area contributed by atoms with Gasteiger partial charge in [0.25, 0.3) is 0 Å². The molecule has 32 heavy (non-hydrogen) atoms. The monoisotopic (exact) mass is 465 g/mol. The number of para-hydroxylation sites is 1. The predicted octanol–water partition coefficient (Wildman–Crippen LogP) is 5.45. The highest BCUT2D eigenvalue weighted by Crippen LogP contribution is 2.41. The number of aromatic nitrogens is 1. The molecule has 3 heterocycles. The van der Waals surface area contributed by atoms with Crippen LogP contribution < -0.4 is 10.1 Å². The zero-order valence-electron chi connectivity index (χ0n) is 17.9. The van der Waals surface area contributed by atoms with Crippen molar-refractivity contribution in [1.29, 1.82) is 0 Å². The SMILES string of the molecule is COC(=O)c1c(Nc2nc3c(OC)cccc3s2)sc2c1CCN(Cc1ccccc1)C2. The Kier molecular flexibility index (Phi) is 5.82. The summed E-state index contributed by atoms with van der Waals surface area (Å²) in [6.07, 6.45) is 0.818. The first-order valence-electron chi connectivity index (χ1n) is 10.4. The predicted molar refractivity (Wildman–Crippen MR) is 129 cm³/mol. The molecule has 0 unspecified atom stereocenters. The number of methoxy groups -OCH3 is 2. The number of fused-ring (bicyclic) bond motifs is 2. The second kappa shape index (κ2) is 8.90. The lowest BCUT2D eigenvalue weighted by Gasteiger charge is -2.27. The quantitative estimate of drug-likeness (QED) is 0.382. The van der Waals surface area contributed by atoms with Crippen molar-refractivity contribution < 1.29 is 14.3 Å². The summed E-state index contributed by atoms with van der Waals surface area (Å²) < 4.78 is 11.6. The molecular formula is C24H23N3O3S2. The third-order valence-corrected chi connectivity index (χ3v) is 7.67. The highest BCUT2D eigenvalue weighted by atomic mass is 32.1. The van der Waals surface area contributed by atoms with Gasteiger partial charge in [0.1, 0.15) is 16.3 Å². The average Bonchev–Trinajstić information content (AvgIpc) is 3.39. The van der Waals surface area contributed by atoms with E-state index in [0.29, 0.717) is 5.56 Å². The lowest BCUT2D eigenvalue weighted by atomic mass is 10.0. The van der Waals surface area contributed by atoms with Crippen molar-refractivity contribution in [3.05, 3.63) is 70.1 Å². The first-order chi connectivity index (χ1) is 15.7. The molecule has 0 fully saturated rings. The fraction of sp³-hybridized carbons (Fsp3) is 0.250. The van der Waals surface area contributed by atoms with Gasteiger partial charge < -0.3 is 14.8 Å². The van der Waals surface area contributed by atoms with Crippen LogP contribution in [-0.2, 0) is 24.2 Å². The van der Waals surface area contributed by atoms with Crippen LogP contribution in [0.15, 0.2) is 48.5 Å². The molecule has 5 rings (SSSR count). The molecule has 0 spiro atoms. The number of hydrogen-bond acceptors (Lipinski definition) is 8. The number of nitrogens with zero attached hydrogens (tertiary/aromatic N) is 2. The molecule has 0 aliphatic carbocycles. The second-order valence-corrected chi connectivity index (χ2v) is 9.73.